The lowest BCUT2D eigenvalue weighted by Gasteiger charge is -2.29. The molecule has 0 aromatic heterocycles. The molecule has 2 unspecified atom stereocenters. The average molecular weight is 227 g/mol. The summed E-state index contributed by atoms with van der Waals surface area (Å²) in [5, 5.41) is 6.28. The molecular weight excluding hydrogens is 202 g/mol. The van der Waals surface area contributed by atoms with Crippen LogP contribution < -0.4 is 10.6 Å². The zero-order chi connectivity index (χ0) is 12.0. The first-order chi connectivity index (χ1) is 7.63. The molecule has 0 bridgehead atoms. The second kappa shape index (κ2) is 6.86. The molecule has 1 heterocycles. The standard InChI is InChI=1S/C12H25N3O/c1-4-10-5-6-13-11(9-10)12(16)14-7-8-15(2)3/h10-11,13H,4-9H2,1-3H3,(H,14,16). The van der Waals surface area contributed by atoms with Gasteiger partial charge in [0.2, 0.25) is 5.91 Å². The van der Waals surface area contributed by atoms with Crippen molar-refractivity contribution in [1.82, 2.24) is 15.5 Å². The van der Waals surface area contributed by atoms with Crippen LogP contribution in [0.25, 0.3) is 0 Å². The van der Waals surface area contributed by atoms with Crippen LogP contribution in [-0.4, -0.2) is 50.6 Å². The van der Waals surface area contributed by atoms with Gasteiger partial charge in [0, 0.05) is 13.1 Å². The van der Waals surface area contributed by atoms with Crippen LogP contribution >= 0.6 is 0 Å². The Kier molecular flexibility index (Phi) is 5.77. The van der Waals surface area contributed by atoms with Crippen LogP contribution in [0.15, 0.2) is 0 Å². The van der Waals surface area contributed by atoms with E-state index in [-0.39, 0.29) is 11.9 Å². The van der Waals surface area contributed by atoms with Crippen LogP contribution in [0.3, 0.4) is 0 Å². The number of nitrogens with zero attached hydrogens (tertiary/aromatic N) is 1. The lowest BCUT2D eigenvalue weighted by atomic mass is 9.90. The van der Waals surface area contributed by atoms with Gasteiger partial charge in [-0.1, -0.05) is 13.3 Å². The third-order valence-electron chi connectivity index (χ3n) is 3.26. The molecule has 4 heteroatoms. The molecule has 2 N–H and O–H groups in total. The van der Waals surface area contributed by atoms with Gasteiger partial charge in [0.15, 0.2) is 0 Å². The van der Waals surface area contributed by atoms with Crippen molar-refractivity contribution in [3.05, 3.63) is 0 Å². The number of likely N-dealkylation sites (N-methyl/N-ethyl adjacent to an activating group) is 1. The molecule has 0 aromatic rings. The van der Waals surface area contributed by atoms with Gasteiger partial charge < -0.3 is 15.5 Å². The minimum Gasteiger partial charge on any atom is -0.353 e. The van der Waals surface area contributed by atoms with Crippen molar-refractivity contribution in [2.75, 3.05) is 33.7 Å². The van der Waals surface area contributed by atoms with Gasteiger partial charge in [0.25, 0.3) is 0 Å². The van der Waals surface area contributed by atoms with Gasteiger partial charge in [0.1, 0.15) is 0 Å². The van der Waals surface area contributed by atoms with Gasteiger partial charge in [-0.05, 0) is 39.4 Å². The van der Waals surface area contributed by atoms with Gasteiger partial charge in [-0.25, -0.2) is 0 Å². The molecule has 16 heavy (non-hydrogen) atoms. The highest BCUT2D eigenvalue weighted by Crippen LogP contribution is 2.19. The molecule has 0 radical (unpaired) electrons. The first kappa shape index (κ1) is 13.5. The number of nitrogens with one attached hydrogen (secondary N) is 2. The molecular formula is C12H25N3O. The predicted octanol–water partition coefficient (Wildman–Crippen LogP) is 0.442. The van der Waals surface area contributed by atoms with Gasteiger partial charge in [-0.3, -0.25) is 4.79 Å². The molecule has 1 fully saturated rings. The van der Waals surface area contributed by atoms with E-state index in [0.29, 0.717) is 5.92 Å². The lowest BCUT2D eigenvalue weighted by Crippen LogP contribution is -2.49. The molecule has 0 aliphatic carbocycles. The lowest BCUT2D eigenvalue weighted by molar-refractivity contribution is -0.124. The molecule has 1 aliphatic heterocycles. The zero-order valence-electron chi connectivity index (χ0n) is 10.8. The maximum atomic E-state index is 11.8. The van der Waals surface area contributed by atoms with Crippen molar-refractivity contribution < 1.29 is 4.79 Å². The molecule has 2 atom stereocenters. The van der Waals surface area contributed by atoms with Crippen molar-refractivity contribution in [3.63, 3.8) is 0 Å². The van der Waals surface area contributed by atoms with Gasteiger partial charge in [-0.15, -0.1) is 0 Å². The maximum absolute atomic E-state index is 11.8. The summed E-state index contributed by atoms with van der Waals surface area (Å²) in [4.78, 5) is 13.9. The fourth-order valence-electron chi connectivity index (χ4n) is 2.09. The third-order valence-corrected chi connectivity index (χ3v) is 3.26. The fourth-order valence-corrected chi connectivity index (χ4v) is 2.09. The first-order valence-electron chi connectivity index (χ1n) is 6.29. The Morgan fingerprint density at radius 3 is 2.88 bits per heavy atom. The normalized spacial score (nSPS) is 25.8. The Hall–Kier alpha value is -0.610. The number of rotatable bonds is 5. The van der Waals surface area contributed by atoms with Crippen molar-refractivity contribution in [3.8, 4) is 0 Å². The summed E-state index contributed by atoms with van der Waals surface area (Å²) in [7, 11) is 4.02. The van der Waals surface area contributed by atoms with Gasteiger partial charge >= 0.3 is 0 Å². The number of hydrogen-bond acceptors (Lipinski definition) is 3. The van der Waals surface area contributed by atoms with E-state index < -0.39 is 0 Å². The number of amides is 1. The highest BCUT2D eigenvalue weighted by atomic mass is 16.2. The van der Waals surface area contributed by atoms with Gasteiger partial charge in [0.05, 0.1) is 6.04 Å². The minimum absolute atomic E-state index is 0.0286. The predicted molar refractivity (Wildman–Crippen MR) is 66.4 cm³/mol. The highest BCUT2D eigenvalue weighted by molar-refractivity contribution is 5.81. The number of hydrogen-bond donors (Lipinski definition) is 2. The van der Waals surface area contributed by atoms with Crippen molar-refractivity contribution in [2.45, 2.75) is 32.2 Å². The monoisotopic (exact) mass is 227 g/mol. The molecule has 1 saturated heterocycles. The van der Waals surface area contributed by atoms with Crippen molar-refractivity contribution in [2.24, 2.45) is 5.92 Å². The van der Waals surface area contributed by atoms with Gasteiger partial charge in [-0.2, -0.15) is 0 Å². The summed E-state index contributed by atoms with van der Waals surface area (Å²) in [6, 6.07) is 0.0286. The Labute approximate surface area is 98.8 Å². The van der Waals surface area contributed by atoms with Crippen LogP contribution in [0.5, 0.6) is 0 Å². The van der Waals surface area contributed by atoms with E-state index in [2.05, 4.69) is 22.5 Å². The molecule has 0 aromatic carbocycles. The van der Waals surface area contributed by atoms with Crippen LogP contribution in [0.1, 0.15) is 26.2 Å². The molecule has 1 amide bonds. The molecule has 0 saturated carbocycles. The summed E-state index contributed by atoms with van der Waals surface area (Å²) in [5.41, 5.74) is 0. The quantitative estimate of drug-likeness (QED) is 0.716. The summed E-state index contributed by atoms with van der Waals surface area (Å²) in [6.45, 7) is 4.82. The van der Waals surface area contributed by atoms with E-state index in [0.717, 1.165) is 26.1 Å². The maximum Gasteiger partial charge on any atom is 0.237 e. The molecule has 94 valence electrons. The Morgan fingerprint density at radius 2 is 2.25 bits per heavy atom. The highest BCUT2D eigenvalue weighted by Gasteiger charge is 2.25. The summed E-state index contributed by atoms with van der Waals surface area (Å²) >= 11 is 0. The Morgan fingerprint density at radius 1 is 1.50 bits per heavy atom. The summed E-state index contributed by atoms with van der Waals surface area (Å²) < 4.78 is 0. The van der Waals surface area contributed by atoms with Crippen molar-refractivity contribution in [1.29, 1.82) is 0 Å². The van der Waals surface area contributed by atoms with E-state index in [4.69, 9.17) is 0 Å². The van der Waals surface area contributed by atoms with E-state index in [1.807, 2.05) is 14.1 Å². The Bertz CT molecular complexity index is 218. The van der Waals surface area contributed by atoms with Crippen LogP contribution in [-0.2, 0) is 4.79 Å². The zero-order valence-corrected chi connectivity index (χ0v) is 10.8. The number of piperidine rings is 1. The van der Waals surface area contributed by atoms with Crippen LogP contribution in [0.2, 0.25) is 0 Å². The molecule has 0 spiro atoms. The third kappa shape index (κ3) is 4.49. The molecule has 1 rings (SSSR count). The molecule has 4 nitrogen and oxygen atoms in total. The van der Waals surface area contributed by atoms with E-state index in [1.54, 1.807) is 0 Å². The summed E-state index contributed by atoms with van der Waals surface area (Å²) in [5.74, 6) is 0.880. The SMILES string of the molecule is CCC1CCNC(C(=O)NCCN(C)C)C1. The van der Waals surface area contributed by atoms with E-state index in [9.17, 15) is 4.79 Å². The second-order valence-corrected chi connectivity index (χ2v) is 4.90. The number of carbonyl (C=O) groups is 1. The topological polar surface area (TPSA) is 44.4 Å². The summed E-state index contributed by atoms with van der Waals surface area (Å²) in [6.07, 6.45) is 3.38. The fraction of sp³-hybridized carbons (Fsp3) is 0.917. The minimum atomic E-state index is 0.0286. The largest absolute Gasteiger partial charge is 0.353 e. The smallest absolute Gasteiger partial charge is 0.237 e. The number of carbonyl (C=O) groups excluding carboxylic acids is 1. The van der Waals surface area contributed by atoms with E-state index in [1.165, 1.54) is 12.8 Å². The molecule has 1 aliphatic rings. The van der Waals surface area contributed by atoms with E-state index >= 15 is 0 Å². The first-order valence-corrected chi connectivity index (χ1v) is 6.29. The van der Waals surface area contributed by atoms with Crippen LogP contribution in [0, 0.1) is 5.92 Å². The second-order valence-electron chi connectivity index (χ2n) is 4.90. The average Bonchev–Trinajstić information content (AvgIpc) is 2.28. The Balaban J connectivity index is 2.24. The van der Waals surface area contributed by atoms with Crippen molar-refractivity contribution >= 4 is 5.91 Å². The van der Waals surface area contributed by atoms with Crippen LogP contribution in [0.4, 0.5) is 0 Å².